The van der Waals surface area contributed by atoms with Crippen molar-refractivity contribution in [3.05, 3.63) is 65.7 Å². The van der Waals surface area contributed by atoms with Gasteiger partial charge in [0, 0.05) is 6.42 Å². The highest BCUT2D eigenvalue weighted by Crippen LogP contribution is 2.19. The third-order valence-electron chi connectivity index (χ3n) is 3.67. The number of nitrogens with one attached hydrogen (secondary N) is 3. The Hall–Kier alpha value is -2.93. The minimum absolute atomic E-state index is 0.0483. The van der Waals surface area contributed by atoms with E-state index in [1.807, 2.05) is 37.3 Å². The zero-order valence-corrected chi connectivity index (χ0v) is 16.0. The molecular formula is C20H23N3O3S. The molecule has 0 aromatic heterocycles. The second kappa shape index (κ2) is 10.9. The summed E-state index contributed by atoms with van der Waals surface area (Å²) in [6, 6.07) is 16.6. The lowest BCUT2D eigenvalue weighted by atomic mass is 10.2. The van der Waals surface area contributed by atoms with E-state index < -0.39 is 5.91 Å². The van der Waals surface area contributed by atoms with E-state index in [1.54, 1.807) is 24.3 Å². The van der Waals surface area contributed by atoms with E-state index in [2.05, 4.69) is 16.2 Å². The molecule has 0 aliphatic heterocycles. The first-order valence-corrected chi connectivity index (χ1v) is 9.17. The Morgan fingerprint density at radius 3 is 2.44 bits per heavy atom. The van der Waals surface area contributed by atoms with Crippen molar-refractivity contribution in [1.82, 2.24) is 16.2 Å². The normalized spacial score (nSPS) is 9.96. The second-order valence-electron chi connectivity index (χ2n) is 5.83. The van der Waals surface area contributed by atoms with Gasteiger partial charge in [-0.3, -0.25) is 20.4 Å². The zero-order chi connectivity index (χ0) is 19.5. The highest BCUT2D eigenvalue weighted by molar-refractivity contribution is 7.80. The van der Waals surface area contributed by atoms with Gasteiger partial charge in [-0.25, -0.2) is 0 Å². The number of hydrogen-bond acceptors (Lipinski definition) is 4. The smallest absolute Gasteiger partial charge is 0.273 e. The van der Waals surface area contributed by atoms with Gasteiger partial charge < -0.3 is 10.1 Å². The summed E-state index contributed by atoms with van der Waals surface area (Å²) in [5.41, 5.74) is 6.37. The summed E-state index contributed by atoms with van der Waals surface area (Å²) in [4.78, 5) is 24.0. The van der Waals surface area contributed by atoms with Crippen LogP contribution < -0.4 is 20.9 Å². The number of unbranched alkanes of at least 4 members (excludes halogenated alkanes) is 1. The van der Waals surface area contributed by atoms with Crippen LogP contribution in [-0.2, 0) is 11.4 Å². The molecule has 0 bridgehead atoms. The van der Waals surface area contributed by atoms with Crippen molar-refractivity contribution in [3.8, 4) is 5.75 Å². The number of thiocarbonyl (C=S) groups is 1. The average Bonchev–Trinajstić information content (AvgIpc) is 2.70. The fourth-order valence-electron chi connectivity index (χ4n) is 2.25. The van der Waals surface area contributed by atoms with Crippen molar-refractivity contribution in [2.24, 2.45) is 0 Å². The molecule has 0 spiro atoms. The number of benzene rings is 2. The van der Waals surface area contributed by atoms with Crippen molar-refractivity contribution in [2.75, 3.05) is 0 Å². The van der Waals surface area contributed by atoms with E-state index in [9.17, 15) is 9.59 Å². The Bertz CT molecular complexity index is 781. The Balaban J connectivity index is 1.88. The van der Waals surface area contributed by atoms with Crippen LogP contribution in [-0.4, -0.2) is 16.9 Å². The average molecular weight is 385 g/mol. The van der Waals surface area contributed by atoms with Gasteiger partial charge in [-0.2, -0.15) is 0 Å². The predicted molar refractivity (Wildman–Crippen MR) is 108 cm³/mol. The van der Waals surface area contributed by atoms with E-state index in [1.165, 1.54) is 0 Å². The maximum absolute atomic E-state index is 12.4. The van der Waals surface area contributed by atoms with Crippen molar-refractivity contribution in [3.63, 3.8) is 0 Å². The number of amides is 2. The monoisotopic (exact) mass is 385 g/mol. The number of hydrogen-bond donors (Lipinski definition) is 3. The van der Waals surface area contributed by atoms with Gasteiger partial charge in [-0.15, -0.1) is 0 Å². The molecule has 2 rings (SSSR count). The molecule has 0 saturated heterocycles. The molecule has 2 aromatic carbocycles. The molecule has 2 amide bonds. The molecular weight excluding hydrogens is 362 g/mol. The van der Waals surface area contributed by atoms with Crippen LogP contribution >= 0.6 is 12.2 Å². The van der Waals surface area contributed by atoms with Crippen LogP contribution in [0.3, 0.4) is 0 Å². The molecule has 142 valence electrons. The minimum atomic E-state index is -0.413. The molecule has 2 aromatic rings. The summed E-state index contributed by atoms with van der Waals surface area (Å²) in [5.74, 6) is -0.141. The SMILES string of the molecule is CCCCC(=O)NC(=S)NNC(=O)c1ccccc1OCc1ccccc1. The Labute approximate surface area is 164 Å². The number of rotatable bonds is 7. The summed E-state index contributed by atoms with van der Waals surface area (Å²) >= 11 is 5.01. The van der Waals surface area contributed by atoms with Crippen LogP contribution in [0.2, 0.25) is 0 Å². The lowest BCUT2D eigenvalue weighted by molar-refractivity contribution is -0.119. The third kappa shape index (κ3) is 7.07. The molecule has 6 nitrogen and oxygen atoms in total. The van der Waals surface area contributed by atoms with Crippen LogP contribution in [0.25, 0.3) is 0 Å². The Morgan fingerprint density at radius 1 is 1.00 bits per heavy atom. The first-order valence-electron chi connectivity index (χ1n) is 8.76. The summed E-state index contributed by atoms with van der Waals surface area (Å²) in [6.45, 7) is 2.35. The molecule has 0 aliphatic carbocycles. The second-order valence-corrected chi connectivity index (χ2v) is 6.24. The summed E-state index contributed by atoms with van der Waals surface area (Å²) in [5, 5.41) is 2.57. The van der Waals surface area contributed by atoms with Crippen LogP contribution in [0.4, 0.5) is 0 Å². The zero-order valence-electron chi connectivity index (χ0n) is 15.2. The molecule has 27 heavy (non-hydrogen) atoms. The third-order valence-corrected chi connectivity index (χ3v) is 3.87. The van der Waals surface area contributed by atoms with E-state index in [0.29, 0.717) is 24.3 Å². The van der Waals surface area contributed by atoms with Crippen LogP contribution in [0.15, 0.2) is 54.6 Å². The topological polar surface area (TPSA) is 79.5 Å². The maximum Gasteiger partial charge on any atom is 0.273 e. The summed E-state index contributed by atoms with van der Waals surface area (Å²) in [7, 11) is 0. The fourth-order valence-corrected chi connectivity index (χ4v) is 2.42. The number of ether oxygens (including phenoxy) is 1. The van der Waals surface area contributed by atoms with Gasteiger partial charge in [0.2, 0.25) is 5.91 Å². The van der Waals surface area contributed by atoms with Gasteiger partial charge >= 0.3 is 0 Å². The molecule has 0 atom stereocenters. The highest BCUT2D eigenvalue weighted by Gasteiger charge is 2.13. The molecule has 0 aliphatic rings. The first-order chi connectivity index (χ1) is 13.1. The number of carbonyl (C=O) groups excluding carboxylic acids is 2. The molecule has 0 heterocycles. The van der Waals surface area contributed by atoms with Gasteiger partial charge in [0.05, 0.1) is 5.56 Å². The molecule has 0 radical (unpaired) electrons. The van der Waals surface area contributed by atoms with Crippen molar-refractivity contribution < 1.29 is 14.3 Å². The lowest BCUT2D eigenvalue weighted by Gasteiger charge is -2.13. The van der Waals surface area contributed by atoms with Gasteiger partial charge in [0.1, 0.15) is 12.4 Å². The van der Waals surface area contributed by atoms with Gasteiger partial charge in [0.25, 0.3) is 5.91 Å². The van der Waals surface area contributed by atoms with Gasteiger partial charge in [-0.1, -0.05) is 55.8 Å². The molecule has 0 unspecified atom stereocenters. The van der Waals surface area contributed by atoms with Crippen molar-refractivity contribution in [2.45, 2.75) is 32.8 Å². The van der Waals surface area contributed by atoms with Crippen LogP contribution in [0, 0.1) is 0 Å². The number of carbonyl (C=O) groups is 2. The van der Waals surface area contributed by atoms with Gasteiger partial charge in [0.15, 0.2) is 5.11 Å². The van der Waals surface area contributed by atoms with Crippen molar-refractivity contribution >= 4 is 29.1 Å². The van der Waals surface area contributed by atoms with Gasteiger partial charge in [-0.05, 0) is 36.3 Å². The number of para-hydroxylation sites is 1. The lowest BCUT2D eigenvalue weighted by Crippen LogP contribution is -2.48. The summed E-state index contributed by atoms with van der Waals surface area (Å²) < 4.78 is 5.77. The quantitative estimate of drug-likeness (QED) is 0.504. The predicted octanol–water partition coefficient (Wildman–Crippen LogP) is 3.09. The largest absolute Gasteiger partial charge is 0.488 e. The highest BCUT2D eigenvalue weighted by atomic mass is 32.1. The van der Waals surface area contributed by atoms with E-state index in [4.69, 9.17) is 17.0 Å². The fraction of sp³-hybridized carbons (Fsp3) is 0.250. The minimum Gasteiger partial charge on any atom is -0.488 e. The summed E-state index contributed by atoms with van der Waals surface area (Å²) in [6.07, 6.45) is 2.10. The Kier molecular flexibility index (Phi) is 8.25. The van der Waals surface area contributed by atoms with E-state index >= 15 is 0 Å². The maximum atomic E-state index is 12.4. The molecule has 3 N–H and O–H groups in total. The first kappa shape index (κ1) is 20.4. The molecule has 0 fully saturated rings. The molecule has 0 saturated carbocycles. The van der Waals surface area contributed by atoms with E-state index in [0.717, 1.165) is 18.4 Å². The molecule has 7 heteroatoms. The standard InChI is InChI=1S/C20H23N3O3S/c1-2-3-13-18(24)21-20(27)23-22-19(25)16-11-7-8-12-17(16)26-14-15-9-5-4-6-10-15/h4-12H,2-3,13-14H2,1H3,(H,22,25)(H2,21,23,24,27). The Morgan fingerprint density at radius 2 is 1.70 bits per heavy atom. The van der Waals surface area contributed by atoms with Crippen LogP contribution in [0.5, 0.6) is 5.75 Å². The van der Waals surface area contributed by atoms with E-state index in [-0.39, 0.29) is 11.0 Å². The van der Waals surface area contributed by atoms with Crippen LogP contribution in [0.1, 0.15) is 42.1 Å². The number of hydrazine groups is 1. The van der Waals surface area contributed by atoms with Crippen molar-refractivity contribution in [1.29, 1.82) is 0 Å².